The molecule has 4 rings (SSSR count). The van der Waals surface area contributed by atoms with Crippen LogP contribution in [0.5, 0.6) is 11.5 Å². The van der Waals surface area contributed by atoms with Crippen LogP contribution in [0, 0.1) is 0 Å². The van der Waals surface area contributed by atoms with E-state index < -0.39 is 23.9 Å². The molecule has 0 aromatic heterocycles. The van der Waals surface area contributed by atoms with Crippen LogP contribution >= 0.6 is 0 Å². The Kier molecular flexibility index (Phi) is 5.18. The van der Waals surface area contributed by atoms with E-state index in [2.05, 4.69) is 5.32 Å². The van der Waals surface area contributed by atoms with Gasteiger partial charge in [-0.3, -0.25) is 9.59 Å². The fourth-order valence-electron chi connectivity index (χ4n) is 3.74. The Balaban J connectivity index is 1.65. The number of benzene rings is 2. The zero-order chi connectivity index (χ0) is 21.3. The van der Waals surface area contributed by atoms with Crippen LogP contribution in [0.3, 0.4) is 0 Å². The topological polar surface area (TPSA) is 125 Å². The summed E-state index contributed by atoms with van der Waals surface area (Å²) in [5, 5.41) is 21.3. The first-order chi connectivity index (χ1) is 14.4. The average Bonchev–Trinajstić information content (AvgIpc) is 3.14. The normalized spacial score (nSPS) is 17.1. The minimum atomic E-state index is -1.09. The van der Waals surface area contributed by atoms with E-state index in [1.807, 2.05) is 18.2 Å². The number of nitrogens with one attached hydrogen (secondary N) is 1. The first kappa shape index (κ1) is 19.6. The number of anilines is 1. The van der Waals surface area contributed by atoms with Gasteiger partial charge in [0.25, 0.3) is 0 Å². The molecule has 156 valence electrons. The highest BCUT2D eigenvalue weighted by atomic mass is 16.7. The molecule has 0 bridgehead atoms. The molecule has 1 unspecified atom stereocenters. The molecule has 1 atom stereocenters. The van der Waals surface area contributed by atoms with E-state index in [-0.39, 0.29) is 25.3 Å². The second kappa shape index (κ2) is 7.94. The number of ether oxygens (including phenoxy) is 2. The SMILES string of the molecule is O=C(O)CC1C(=O)NCc2cc(C(=O)O)ccc2N1CCc1ccc2c(c1)OCO2. The average molecular weight is 412 g/mol. The number of carbonyl (C=O) groups excluding carboxylic acids is 1. The quantitative estimate of drug-likeness (QED) is 0.654. The van der Waals surface area contributed by atoms with Crippen LogP contribution in [-0.2, 0) is 22.6 Å². The van der Waals surface area contributed by atoms with Gasteiger partial charge in [0.1, 0.15) is 6.04 Å². The predicted octanol–water partition coefficient (Wildman–Crippen LogP) is 1.64. The summed E-state index contributed by atoms with van der Waals surface area (Å²) < 4.78 is 10.7. The third-order valence-electron chi connectivity index (χ3n) is 5.21. The van der Waals surface area contributed by atoms with Crippen molar-refractivity contribution in [3.8, 4) is 11.5 Å². The molecule has 2 aliphatic rings. The van der Waals surface area contributed by atoms with E-state index >= 15 is 0 Å². The van der Waals surface area contributed by atoms with Crippen LogP contribution in [0.4, 0.5) is 5.69 Å². The molecule has 30 heavy (non-hydrogen) atoms. The molecule has 2 aliphatic heterocycles. The van der Waals surface area contributed by atoms with Crippen molar-refractivity contribution < 1.29 is 34.1 Å². The Bertz CT molecular complexity index is 1020. The monoisotopic (exact) mass is 412 g/mol. The summed E-state index contributed by atoms with van der Waals surface area (Å²) in [5.74, 6) is -1.25. The summed E-state index contributed by atoms with van der Waals surface area (Å²) >= 11 is 0. The zero-order valence-electron chi connectivity index (χ0n) is 16.0. The molecular weight excluding hydrogens is 392 g/mol. The summed E-state index contributed by atoms with van der Waals surface area (Å²) in [5.41, 5.74) is 2.32. The van der Waals surface area contributed by atoms with Crippen molar-refractivity contribution in [2.75, 3.05) is 18.2 Å². The van der Waals surface area contributed by atoms with Crippen LogP contribution in [0.2, 0.25) is 0 Å². The molecule has 0 saturated heterocycles. The van der Waals surface area contributed by atoms with Crippen LogP contribution < -0.4 is 19.7 Å². The number of rotatable bonds is 6. The molecule has 9 nitrogen and oxygen atoms in total. The Hall–Kier alpha value is -3.75. The third-order valence-corrected chi connectivity index (χ3v) is 5.21. The molecular formula is C21H20N2O7. The number of aliphatic carboxylic acids is 1. The van der Waals surface area contributed by atoms with E-state index in [4.69, 9.17) is 9.47 Å². The van der Waals surface area contributed by atoms with Gasteiger partial charge in [0, 0.05) is 18.8 Å². The number of aromatic carboxylic acids is 1. The largest absolute Gasteiger partial charge is 0.481 e. The van der Waals surface area contributed by atoms with Gasteiger partial charge in [0.05, 0.1) is 12.0 Å². The van der Waals surface area contributed by atoms with Gasteiger partial charge in [-0.2, -0.15) is 0 Å². The smallest absolute Gasteiger partial charge is 0.335 e. The van der Waals surface area contributed by atoms with E-state index in [1.165, 1.54) is 12.1 Å². The lowest BCUT2D eigenvalue weighted by molar-refractivity contribution is -0.139. The van der Waals surface area contributed by atoms with Crippen LogP contribution in [0.25, 0.3) is 0 Å². The highest BCUT2D eigenvalue weighted by Gasteiger charge is 2.32. The van der Waals surface area contributed by atoms with Crippen LogP contribution in [0.15, 0.2) is 36.4 Å². The summed E-state index contributed by atoms with van der Waals surface area (Å²) in [6.45, 7) is 0.668. The number of fused-ring (bicyclic) bond motifs is 2. The summed E-state index contributed by atoms with van der Waals surface area (Å²) in [7, 11) is 0. The van der Waals surface area contributed by atoms with Gasteiger partial charge in [0.2, 0.25) is 12.7 Å². The van der Waals surface area contributed by atoms with Crippen molar-refractivity contribution in [3.63, 3.8) is 0 Å². The minimum absolute atomic E-state index is 0.107. The lowest BCUT2D eigenvalue weighted by Gasteiger charge is -2.31. The number of nitrogens with zero attached hydrogens (tertiary/aromatic N) is 1. The van der Waals surface area contributed by atoms with E-state index in [0.29, 0.717) is 35.7 Å². The Morgan fingerprint density at radius 3 is 2.67 bits per heavy atom. The fraction of sp³-hybridized carbons (Fsp3) is 0.286. The molecule has 2 heterocycles. The van der Waals surface area contributed by atoms with Gasteiger partial charge >= 0.3 is 11.9 Å². The number of carbonyl (C=O) groups is 3. The van der Waals surface area contributed by atoms with Crippen molar-refractivity contribution in [3.05, 3.63) is 53.1 Å². The van der Waals surface area contributed by atoms with Gasteiger partial charge in [0.15, 0.2) is 11.5 Å². The Morgan fingerprint density at radius 2 is 1.90 bits per heavy atom. The maximum Gasteiger partial charge on any atom is 0.335 e. The van der Waals surface area contributed by atoms with Crippen molar-refractivity contribution in [2.45, 2.75) is 25.4 Å². The maximum absolute atomic E-state index is 12.6. The molecule has 0 saturated carbocycles. The predicted molar refractivity (Wildman–Crippen MR) is 105 cm³/mol. The van der Waals surface area contributed by atoms with Crippen molar-refractivity contribution in [2.24, 2.45) is 0 Å². The molecule has 1 amide bonds. The van der Waals surface area contributed by atoms with Crippen molar-refractivity contribution >= 4 is 23.5 Å². The molecule has 0 aliphatic carbocycles. The molecule has 2 aromatic rings. The third kappa shape index (κ3) is 3.86. The molecule has 3 N–H and O–H groups in total. The maximum atomic E-state index is 12.6. The molecule has 0 radical (unpaired) electrons. The van der Waals surface area contributed by atoms with Gasteiger partial charge in [-0.25, -0.2) is 4.79 Å². The minimum Gasteiger partial charge on any atom is -0.481 e. The van der Waals surface area contributed by atoms with Gasteiger partial charge in [-0.15, -0.1) is 0 Å². The summed E-state index contributed by atoms with van der Waals surface area (Å²) in [4.78, 5) is 37.1. The highest BCUT2D eigenvalue weighted by Crippen LogP contribution is 2.33. The molecule has 2 aromatic carbocycles. The van der Waals surface area contributed by atoms with Crippen molar-refractivity contribution in [1.29, 1.82) is 0 Å². The van der Waals surface area contributed by atoms with E-state index in [0.717, 1.165) is 5.56 Å². The first-order valence-electron chi connectivity index (χ1n) is 9.43. The van der Waals surface area contributed by atoms with Gasteiger partial charge in [-0.1, -0.05) is 6.07 Å². The Labute approximate surface area is 171 Å². The molecule has 0 fully saturated rings. The number of carboxylic acids is 2. The van der Waals surface area contributed by atoms with Crippen molar-refractivity contribution in [1.82, 2.24) is 5.32 Å². The molecule has 0 spiro atoms. The lowest BCUT2D eigenvalue weighted by atomic mass is 10.0. The number of hydrogen-bond acceptors (Lipinski definition) is 6. The number of carboxylic acid groups (broad SMARTS) is 2. The molecule has 9 heteroatoms. The number of amides is 1. The Morgan fingerprint density at radius 1 is 1.10 bits per heavy atom. The fourth-order valence-corrected chi connectivity index (χ4v) is 3.74. The second-order valence-corrected chi connectivity index (χ2v) is 7.11. The summed E-state index contributed by atoms with van der Waals surface area (Å²) in [6.07, 6.45) is 0.160. The lowest BCUT2D eigenvalue weighted by Crippen LogP contribution is -2.47. The first-order valence-corrected chi connectivity index (χ1v) is 9.43. The van der Waals surface area contributed by atoms with Gasteiger partial charge < -0.3 is 29.9 Å². The highest BCUT2D eigenvalue weighted by molar-refractivity contribution is 5.92. The standard InChI is InChI=1S/C21H20N2O7/c24-19(25)9-16-20(26)22-10-14-8-13(21(27)28)2-3-15(14)23(16)6-5-12-1-4-17-18(7-12)30-11-29-17/h1-4,7-8,16H,5-6,9-11H2,(H,22,26)(H,24,25)(H,27,28). The van der Waals surface area contributed by atoms with E-state index in [9.17, 15) is 24.6 Å². The zero-order valence-corrected chi connectivity index (χ0v) is 16.0. The van der Waals surface area contributed by atoms with Crippen LogP contribution in [0.1, 0.15) is 27.9 Å². The van der Waals surface area contributed by atoms with E-state index in [1.54, 1.807) is 11.0 Å². The number of hydrogen-bond donors (Lipinski definition) is 3. The van der Waals surface area contributed by atoms with Crippen LogP contribution in [-0.4, -0.2) is 47.4 Å². The summed E-state index contributed by atoms with van der Waals surface area (Å²) in [6, 6.07) is 9.26. The van der Waals surface area contributed by atoms with Gasteiger partial charge in [-0.05, 0) is 47.9 Å². The second-order valence-electron chi connectivity index (χ2n) is 7.11.